The summed E-state index contributed by atoms with van der Waals surface area (Å²) in [5, 5.41) is 0. The molecule has 1 aliphatic heterocycles. The van der Waals surface area contributed by atoms with Gasteiger partial charge < -0.3 is 9.26 Å². The molecule has 0 bridgehead atoms. The minimum Gasteiger partial charge on any atom is -0.352 e. The van der Waals surface area contributed by atoms with E-state index < -0.39 is 24.3 Å². The van der Waals surface area contributed by atoms with Crippen LogP contribution in [-0.4, -0.2) is 29.4 Å². The van der Waals surface area contributed by atoms with Crippen LogP contribution in [0.5, 0.6) is 0 Å². The van der Waals surface area contributed by atoms with Gasteiger partial charge in [-0.3, -0.25) is 18.9 Å². The summed E-state index contributed by atoms with van der Waals surface area (Å²) < 4.78 is 28.2. The quantitative estimate of drug-likeness (QED) is 0.620. The average molecular weight is 336 g/mol. The lowest BCUT2D eigenvalue weighted by molar-refractivity contribution is -0.0211. The summed E-state index contributed by atoms with van der Waals surface area (Å²) >= 11 is 3.75. The first-order chi connectivity index (χ1) is 9.82. The second kappa shape index (κ2) is 6.50. The maximum atomic E-state index is 11.8. The number of thiol groups is 1. The predicted octanol–water partition coefficient (Wildman–Crippen LogP) is 1.22. The van der Waals surface area contributed by atoms with Gasteiger partial charge in [-0.1, -0.05) is 12.2 Å². The van der Waals surface area contributed by atoms with Gasteiger partial charge in [-0.25, -0.2) is 9.36 Å². The van der Waals surface area contributed by atoms with Gasteiger partial charge in [0.05, 0.1) is 12.7 Å². The summed E-state index contributed by atoms with van der Waals surface area (Å²) in [5.74, 6) is 0. The fourth-order valence-corrected chi connectivity index (χ4v) is 2.70. The molecule has 0 radical (unpaired) electrons. The van der Waals surface area contributed by atoms with Crippen molar-refractivity contribution in [2.45, 2.75) is 32.1 Å². The molecular weight excluding hydrogens is 319 g/mol. The van der Waals surface area contributed by atoms with Crippen LogP contribution >= 0.6 is 19.0 Å². The Bertz CT molecular complexity index is 671. The maximum absolute atomic E-state index is 11.8. The van der Waals surface area contributed by atoms with E-state index in [1.807, 2.05) is 0 Å². The number of rotatable bonds is 5. The van der Waals surface area contributed by atoms with Gasteiger partial charge in [0, 0.05) is 18.9 Å². The van der Waals surface area contributed by atoms with E-state index in [4.69, 9.17) is 9.26 Å². The molecule has 2 rings (SSSR count). The van der Waals surface area contributed by atoms with Crippen LogP contribution in [0.3, 0.4) is 0 Å². The zero-order valence-corrected chi connectivity index (χ0v) is 13.4. The molecule has 0 aliphatic carbocycles. The minimum atomic E-state index is -3.34. The summed E-state index contributed by atoms with van der Waals surface area (Å²) in [6, 6.07) is 0. The third kappa shape index (κ3) is 4.08. The van der Waals surface area contributed by atoms with Crippen molar-refractivity contribution in [3.8, 4) is 0 Å². The van der Waals surface area contributed by atoms with Gasteiger partial charge in [0.25, 0.3) is 5.56 Å². The Kier molecular flexibility index (Phi) is 5.11. The Morgan fingerprint density at radius 2 is 2.24 bits per heavy atom. The molecule has 1 unspecified atom stereocenters. The van der Waals surface area contributed by atoms with Crippen molar-refractivity contribution in [1.82, 2.24) is 9.55 Å². The van der Waals surface area contributed by atoms with E-state index in [-0.39, 0.29) is 12.7 Å². The molecule has 0 saturated carbocycles. The van der Waals surface area contributed by atoms with E-state index in [0.29, 0.717) is 18.4 Å². The number of aromatic amines is 1. The van der Waals surface area contributed by atoms with Gasteiger partial charge in [-0.05, 0) is 19.8 Å². The molecule has 0 aromatic carbocycles. The summed E-state index contributed by atoms with van der Waals surface area (Å²) in [6.07, 6.45) is 1.89. The highest BCUT2D eigenvalue weighted by molar-refractivity contribution is 8.44. The highest BCUT2D eigenvalue weighted by Gasteiger charge is 2.29. The molecule has 2 heterocycles. The Morgan fingerprint density at radius 3 is 2.90 bits per heavy atom. The first kappa shape index (κ1) is 16.5. The molecule has 10 heteroatoms. The number of hydrogen-bond donors (Lipinski definition) is 2. The highest BCUT2D eigenvalue weighted by atomic mass is 32.7. The molecule has 1 fully saturated rings. The Labute approximate surface area is 126 Å². The van der Waals surface area contributed by atoms with E-state index in [1.54, 1.807) is 6.92 Å². The van der Waals surface area contributed by atoms with Crippen LogP contribution in [-0.2, 0) is 18.3 Å². The lowest BCUT2D eigenvalue weighted by Crippen LogP contribution is -2.33. The fraction of sp³-hybridized carbons (Fsp3) is 0.636. The number of H-pyrrole nitrogens is 1. The first-order valence-corrected chi connectivity index (χ1v) is 9.02. The first-order valence-electron chi connectivity index (χ1n) is 6.33. The zero-order chi connectivity index (χ0) is 15.6. The number of nitrogens with one attached hydrogen (secondary N) is 1. The molecule has 0 spiro atoms. The largest absolute Gasteiger partial charge is 0.385 e. The second-order valence-corrected chi connectivity index (χ2v) is 7.75. The molecule has 1 aromatic heterocycles. The van der Waals surface area contributed by atoms with E-state index in [9.17, 15) is 14.2 Å². The molecule has 1 aliphatic rings. The monoisotopic (exact) mass is 336 g/mol. The molecule has 3 atom stereocenters. The predicted molar refractivity (Wildman–Crippen MR) is 78.8 cm³/mol. The molecule has 118 valence electrons. The van der Waals surface area contributed by atoms with Crippen molar-refractivity contribution < 1.29 is 18.3 Å². The third-order valence-electron chi connectivity index (χ3n) is 3.20. The number of nitrogens with zero attached hydrogens (tertiary/aromatic N) is 1. The summed E-state index contributed by atoms with van der Waals surface area (Å²) in [4.78, 5) is 25.3. The molecular formula is C11H17N2O6PS. The fourth-order valence-electron chi connectivity index (χ4n) is 2.04. The van der Waals surface area contributed by atoms with Crippen molar-refractivity contribution in [1.29, 1.82) is 0 Å². The van der Waals surface area contributed by atoms with Crippen LogP contribution in [0.25, 0.3) is 0 Å². The molecule has 1 saturated heterocycles. The smallest absolute Gasteiger partial charge is 0.352 e. The normalized spacial score (nSPS) is 24.9. The van der Waals surface area contributed by atoms with E-state index >= 15 is 0 Å². The summed E-state index contributed by atoms with van der Waals surface area (Å²) in [7, 11) is 1.24. The molecule has 8 nitrogen and oxygen atoms in total. The van der Waals surface area contributed by atoms with Gasteiger partial charge in [-0.15, -0.1) is 0 Å². The van der Waals surface area contributed by atoms with E-state index in [1.165, 1.54) is 17.9 Å². The van der Waals surface area contributed by atoms with Crippen molar-refractivity contribution in [2.75, 3.05) is 13.7 Å². The summed E-state index contributed by atoms with van der Waals surface area (Å²) in [6.45, 7) is -1.67. The number of hydrogen-bond acceptors (Lipinski definition) is 6. The standard InChI is InChI=1S/C11H17N2O6PS/c1-7-5-13(11(15)12-10(7)14)9-4-3-8(19-9)6-18-20(16,21)17-2/h5,8-9H,3-4,6H2,1-2H3,(H,16,21)(H,12,14,15)/t8-,9+,20?/m0/s1. The lowest BCUT2D eigenvalue weighted by Gasteiger charge is -2.17. The lowest BCUT2D eigenvalue weighted by atomic mass is 10.2. The van der Waals surface area contributed by atoms with Gasteiger partial charge in [0.2, 0.25) is 0 Å². The molecule has 1 N–H and O–H groups in total. The number of ether oxygens (including phenoxy) is 1. The summed E-state index contributed by atoms with van der Waals surface area (Å²) in [5.41, 5.74) is -0.503. The van der Waals surface area contributed by atoms with Crippen molar-refractivity contribution >= 4 is 19.0 Å². The van der Waals surface area contributed by atoms with E-state index in [2.05, 4.69) is 21.8 Å². The van der Waals surface area contributed by atoms with Crippen LogP contribution in [0.4, 0.5) is 0 Å². The van der Waals surface area contributed by atoms with Gasteiger partial charge in [-0.2, -0.15) is 0 Å². The highest BCUT2D eigenvalue weighted by Crippen LogP contribution is 2.52. The molecule has 21 heavy (non-hydrogen) atoms. The van der Waals surface area contributed by atoms with Crippen LogP contribution in [0.1, 0.15) is 24.6 Å². The van der Waals surface area contributed by atoms with Gasteiger partial charge >= 0.3 is 12.5 Å². The van der Waals surface area contributed by atoms with Crippen molar-refractivity contribution in [2.24, 2.45) is 0 Å². The second-order valence-electron chi connectivity index (χ2n) is 4.72. The van der Waals surface area contributed by atoms with Crippen LogP contribution in [0.15, 0.2) is 15.8 Å². The van der Waals surface area contributed by atoms with Crippen LogP contribution in [0, 0.1) is 6.92 Å². The maximum Gasteiger partial charge on any atom is 0.385 e. The van der Waals surface area contributed by atoms with Crippen LogP contribution < -0.4 is 11.2 Å². The Balaban J connectivity index is 2.03. The SMILES string of the molecule is COP(=O)(S)OC[C@@H]1CC[C@H](n2cc(C)c(=O)[nH]c2=O)O1. The Hall–Kier alpha value is -0.860. The van der Waals surface area contributed by atoms with Crippen LogP contribution in [0.2, 0.25) is 0 Å². The van der Waals surface area contributed by atoms with Crippen molar-refractivity contribution in [3.63, 3.8) is 0 Å². The number of aromatic nitrogens is 2. The molecule has 0 amide bonds. The minimum absolute atomic E-state index is 0.0577. The van der Waals surface area contributed by atoms with Gasteiger partial charge in [0.15, 0.2) is 0 Å². The zero-order valence-electron chi connectivity index (χ0n) is 11.6. The van der Waals surface area contributed by atoms with Crippen molar-refractivity contribution in [3.05, 3.63) is 32.6 Å². The topological polar surface area (TPSA) is 99.6 Å². The van der Waals surface area contributed by atoms with Gasteiger partial charge in [0.1, 0.15) is 6.23 Å². The Morgan fingerprint density at radius 1 is 1.52 bits per heavy atom. The molecule has 1 aromatic rings. The average Bonchev–Trinajstić information content (AvgIpc) is 2.89. The third-order valence-corrected chi connectivity index (χ3v) is 4.97. The van der Waals surface area contributed by atoms with E-state index in [0.717, 1.165) is 0 Å². The number of aryl methyl sites for hydroxylation is 1.